The largest absolute Gasteiger partial charge is 0.470 e. The maximum Gasteiger partial charge on any atom is 0.276 e. The molecule has 0 unspecified atom stereocenters. The third kappa shape index (κ3) is 6.10. The second kappa shape index (κ2) is 10.6. The minimum absolute atomic E-state index is 0.0747. The number of anilines is 1. The smallest absolute Gasteiger partial charge is 0.276 e. The van der Waals surface area contributed by atoms with Gasteiger partial charge in [-0.1, -0.05) is 41.4 Å². The van der Waals surface area contributed by atoms with E-state index in [4.69, 9.17) is 16.3 Å². The summed E-state index contributed by atoms with van der Waals surface area (Å²) >= 11 is 9.49. The van der Waals surface area contributed by atoms with Gasteiger partial charge in [-0.05, 0) is 37.1 Å². The highest BCUT2D eigenvalue weighted by atomic mass is 79.9. The maximum atomic E-state index is 12.7. The van der Waals surface area contributed by atoms with Gasteiger partial charge in [0.15, 0.2) is 18.1 Å². The summed E-state index contributed by atoms with van der Waals surface area (Å²) in [7, 11) is 0. The second-order valence-electron chi connectivity index (χ2n) is 7.39. The summed E-state index contributed by atoms with van der Waals surface area (Å²) in [4.78, 5) is 25.2. The molecule has 0 fully saturated rings. The van der Waals surface area contributed by atoms with Crippen molar-refractivity contribution in [2.45, 2.75) is 34.0 Å². The number of aryl methyl sites for hydroxylation is 1. The molecule has 32 heavy (non-hydrogen) atoms. The molecule has 3 aromatic rings. The van der Waals surface area contributed by atoms with Gasteiger partial charge in [0.05, 0.1) is 10.7 Å². The summed E-state index contributed by atoms with van der Waals surface area (Å²) in [5.74, 6) is -0.00498. The van der Waals surface area contributed by atoms with Gasteiger partial charge < -0.3 is 15.4 Å². The Kier molecular flexibility index (Phi) is 7.92. The fourth-order valence-electron chi connectivity index (χ4n) is 2.69. The van der Waals surface area contributed by atoms with E-state index in [0.29, 0.717) is 35.5 Å². The molecule has 0 aliphatic carbocycles. The number of hydrogen-bond donors (Lipinski definition) is 2. The van der Waals surface area contributed by atoms with Crippen molar-refractivity contribution in [2.75, 3.05) is 11.9 Å². The third-order valence-electron chi connectivity index (χ3n) is 4.34. The van der Waals surface area contributed by atoms with Gasteiger partial charge in [0.25, 0.3) is 11.8 Å². The first kappa shape index (κ1) is 23.8. The molecule has 0 saturated heterocycles. The van der Waals surface area contributed by atoms with Crippen LogP contribution in [0.2, 0.25) is 5.02 Å². The molecule has 0 aliphatic heterocycles. The zero-order valence-corrected chi connectivity index (χ0v) is 20.3. The lowest BCUT2D eigenvalue weighted by Crippen LogP contribution is -2.28. The van der Waals surface area contributed by atoms with E-state index < -0.39 is 5.91 Å². The number of nitrogens with one attached hydrogen (secondary N) is 2. The fourth-order valence-corrected chi connectivity index (χ4v) is 3.42. The molecule has 9 nitrogen and oxygen atoms in total. The van der Waals surface area contributed by atoms with Crippen molar-refractivity contribution in [2.24, 2.45) is 5.92 Å². The van der Waals surface area contributed by atoms with Crippen molar-refractivity contribution in [1.82, 2.24) is 24.9 Å². The summed E-state index contributed by atoms with van der Waals surface area (Å²) in [5.41, 5.74) is 0.660. The van der Waals surface area contributed by atoms with Crippen LogP contribution in [0.25, 0.3) is 0 Å². The monoisotopic (exact) mass is 522 g/mol. The van der Waals surface area contributed by atoms with Crippen LogP contribution in [0.4, 0.5) is 5.69 Å². The Morgan fingerprint density at radius 1 is 1.19 bits per heavy atom. The van der Waals surface area contributed by atoms with Gasteiger partial charge in [0, 0.05) is 30.0 Å². The minimum atomic E-state index is -0.459. The molecular formula is C21H24BrClN6O3. The highest BCUT2D eigenvalue weighted by Crippen LogP contribution is 2.27. The van der Waals surface area contributed by atoms with Crippen LogP contribution in [0.3, 0.4) is 0 Å². The van der Waals surface area contributed by atoms with E-state index in [1.807, 2.05) is 26.8 Å². The third-order valence-corrected chi connectivity index (χ3v) is 5.13. The minimum Gasteiger partial charge on any atom is -0.470 e. The molecule has 0 aliphatic rings. The standard InChI is InChI=1S/C21H24BrClN6O3/c1-4-28-11-17(19(27-28)21(31)24-10-13(2)3)25-20(30)16-7-8-29(26-16)12-32-18-6-5-14(22)9-15(18)23/h5-9,11,13H,4,10,12H2,1-3H3,(H,24,31)(H,25,30). The molecule has 0 bridgehead atoms. The number of amides is 2. The van der Waals surface area contributed by atoms with Gasteiger partial charge in [-0.15, -0.1) is 0 Å². The molecular weight excluding hydrogens is 500 g/mol. The summed E-state index contributed by atoms with van der Waals surface area (Å²) < 4.78 is 9.56. The fraction of sp³-hybridized carbons (Fsp3) is 0.333. The molecule has 2 N–H and O–H groups in total. The highest BCUT2D eigenvalue weighted by Gasteiger charge is 2.20. The summed E-state index contributed by atoms with van der Waals surface area (Å²) in [6.45, 7) is 7.04. The van der Waals surface area contributed by atoms with Crippen LogP contribution in [-0.2, 0) is 13.3 Å². The van der Waals surface area contributed by atoms with Crippen LogP contribution in [-0.4, -0.2) is 37.9 Å². The van der Waals surface area contributed by atoms with E-state index in [2.05, 4.69) is 36.8 Å². The first-order chi connectivity index (χ1) is 15.3. The Bertz CT molecular complexity index is 1110. The van der Waals surface area contributed by atoms with Crippen LogP contribution < -0.4 is 15.4 Å². The zero-order valence-electron chi connectivity index (χ0n) is 17.9. The summed E-state index contributed by atoms with van der Waals surface area (Å²) in [5, 5.41) is 14.5. The predicted octanol–water partition coefficient (Wildman–Crippen LogP) is 4.19. The van der Waals surface area contributed by atoms with Crippen molar-refractivity contribution in [3.8, 4) is 5.75 Å². The van der Waals surface area contributed by atoms with E-state index in [0.717, 1.165) is 4.47 Å². The molecule has 0 spiro atoms. The van der Waals surface area contributed by atoms with Crippen molar-refractivity contribution < 1.29 is 14.3 Å². The number of ether oxygens (including phenoxy) is 1. The average molecular weight is 524 g/mol. The van der Waals surface area contributed by atoms with Crippen molar-refractivity contribution in [1.29, 1.82) is 0 Å². The quantitative estimate of drug-likeness (QED) is 0.438. The number of aromatic nitrogens is 4. The average Bonchev–Trinajstić information content (AvgIpc) is 3.38. The molecule has 3 rings (SSSR count). The Hall–Kier alpha value is -2.85. The Morgan fingerprint density at radius 3 is 2.66 bits per heavy atom. The van der Waals surface area contributed by atoms with Crippen LogP contribution in [0.15, 0.2) is 41.1 Å². The molecule has 2 amide bonds. The van der Waals surface area contributed by atoms with Gasteiger partial charge in [0.1, 0.15) is 5.75 Å². The normalized spacial score (nSPS) is 10.9. The molecule has 0 radical (unpaired) electrons. The van der Waals surface area contributed by atoms with E-state index in [1.165, 1.54) is 4.68 Å². The van der Waals surface area contributed by atoms with Gasteiger partial charge in [-0.25, -0.2) is 4.68 Å². The Labute approximate surface area is 199 Å². The first-order valence-corrected chi connectivity index (χ1v) is 11.2. The van der Waals surface area contributed by atoms with Crippen LogP contribution in [0.5, 0.6) is 5.75 Å². The van der Waals surface area contributed by atoms with Crippen molar-refractivity contribution >= 4 is 45.0 Å². The van der Waals surface area contributed by atoms with E-state index >= 15 is 0 Å². The van der Waals surface area contributed by atoms with Crippen molar-refractivity contribution in [3.05, 3.63) is 57.5 Å². The van der Waals surface area contributed by atoms with Crippen LogP contribution in [0, 0.1) is 5.92 Å². The van der Waals surface area contributed by atoms with Gasteiger partial charge >= 0.3 is 0 Å². The first-order valence-electron chi connectivity index (χ1n) is 10.0. The lowest BCUT2D eigenvalue weighted by Gasteiger charge is -2.08. The van der Waals surface area contributed by atoms with Crippen LogP contribution >= 0.6 is 27.5 Å². The van der Waals surface area contributed by atoms with E-state index in [9.17, 15) is 9.59 Å². The van der Waals surface area contributed by atoms with E-state index in [1.54, 1.807) is 35.3 Å². The highest BCUT2D eigenvalue weighted by molar-refractivity contribution is 9.10. The molecule has 2 heterocycles. The molecule has 1 aromatic carbocycles. The van der Waals surface area contributed by atoms with Crippen LogP contribution in [0.1, 0.15) is 41.7 Å². The maximum absolute atomic E-state index is 12.7. The number of benzene rings is 1. The van der Waals surface area contributed by atoms with Crippen molar-refractivity contribution in [3.63, 3.8) is 0 Å². The summed E-state index contributed by atoms with van der Waals surface area (Å²) in [6.07, 6.45) is 3.24. The number of rotatable bonds is 9. The van der Waals surface area contributed by atoms with Gasteiger partial charge in [0.2, 0.25) is 0 Å². The molecule has 0 saturated carbocycles. The SMILES string of the molecule is CCn1cc(NC(=O)c2ccn(COc3ccc(Br)cc3Cl)n2)c(C(=O)NCC(C)C)n1. The number of hydrogen-bond acceptors (Lipinski definition) is 5. The number of carbonyl (C=O) groups is 2. The second-order valence-corrected chi connectivity index (χ2v) is 8.72. The molecule has 2 aromatic heterocycles. The molecule has 170 valence electrons. The Balaban J connectivity index is 1.67. The number of nitrogens with zero attached hydrogens (tertiary/aromatic N) is 4. The summed E-state index contributed by atoms with van der Waals surface area (Å²) in [6, 6.07) is 6.84. The topological polar surface area (TPSA) is 103 Å². The van der Waals surface area contributed by atoms with Gasteiger partial charge in [-0.2, -0.15) is 10.2 Å². The predicted molar refractivity (Wildman–Crippen MR) is 125 cm³/mol. The molecule has 0 atom stereocenters. The lowest BCUT2D eigenvalue weighted by molar-refractivity contribution is 0.0944. The zero-order chi connectivity index (χ0) is 23.3. The van der Waals surface area contributed by atoms with Gasteiger partial charge in [-0.3, -0.25) is 14.3 Å². The Morgan fingerprint density at radius 2 is 1.97 bits per heavy atom. The lowest BCUT2D eigenvalue weighted by atomic mass is 10.2. The van der Waals surface area contributed by atoms with E-state index in [-0.39, 0.29) is 24.0 Å². The molecule has 11 heteroatoms. The number of carbonyl (C=O) groups excluding carboxylic acids is 2. The number of halogens is 2.